The third-order valence-corrected chi connectivity index (χ3v) is 4.22. The van der Waals surface area contributed by atoms with Crippen molar-refractivity contribution in [2.24, 2.45) is 5.41 Å². The molecule has 2 heterocycles. The van der Waals surface area contributed by atoms with Gasteiger partial charge in [0.1, 0.15) is 5.60 Å². The summed E-state index contributed by atoms with van der Waals surface area (Å²) in [5, 5.41) is 0. The van der Waals surface area contributed by atoms with Crippen molar-refractivity contribution in [2.45, 2.75) is 45.4 Å². The molecule has 0 aromatic carbocycles. The largest absolute Gasteiger partial charge is 0.444 e. The lowest BCUT2D eigenvalue weighted by Crippen LogP contribution is -2.62. The Balaban J connectivity index is 1.52. The van der Waals surface area contributed by atoms with Crippen LogP contribution in [-0.2, 0) is 10.9 Å². The number of nitrogens with zero attached hydrogens (tertiary/aromatic N) is 3. The number of allylic oxidation sites excluding steroid dienone is 1. The average molecular weight is 355 g/mol. The Labute approximate surface area is 143 Å². The second-order valence-corrected chi connectivity index (χ2v) is 7.82. The number of hydrogen-bond donors (Lipinski definition) is 0. The van der Waals surface area contributed by atoms with Gasteiger partial charge in [0.2, 0.25) is 0 Å². The fourth-order valence-corrected chi connectivity index (χ4v) is 3.22. The Morgan fingerprint density at radius 3 is 2.32 bits per heavy atom. The highest BCUT2D eigenvalue weighted by atomic mass is 19.4. The van der Waals surface area contributed by atoms with Gasteiger partial charge in [-0.25, -0.2) is 9.78 Å². The van der Waals surface area contributed by atoms with Crippen molar-refractivity contribution in [2.75, 3.05) is 13.1 Å². The molecule has 1 spiro atoms. The molecule has 1 aliphatic carbocycles. The number of halogens is 3. The first kappa shape index (κ1) is 17.7. The number of rotatable bonds is 1. The van der Waals surface area contributed by atoms with Crippen LogP contribution in [0.15, 0.2) is 18.0 Å². The number of carbonyl (C=O) groups is 1. The molecule has 1 aliphatic heterocycles. The van der Waals surface area contributed by atoms with Crippen LogP contribution in [-0.4, -0.2) is 39.7 Å². The van der Waals surface area contributed by atoms with Crippen LogP contribution in [0.5, 0.6) is 0 Å². The van der Waals surface area contributed by atoms with Crippen molar-refractivity contribution < 1.29 is 22.7 Å². The molecule has 1 aromatic rings. The zero-order valence-corrected chi connectivity index (χ0v) is 14.4. The summed E-state index contributed by atoms with van der Waals surface area (Å²) in [6.07, 6.45) is 0.502. The van der Waals surface area contributed by atoms with Gasteiger partial charge in [-0.1, -0.05) is 5.57 Å². The van der Waals surface area contributed by atoms with Crippen molar-refractivity contribution in [1.82, 2.24) is 14.9 Å². The lowest BCUT2D eigenvalue weighted by Gasteiger charge is -2.56. The molecule has 1 aromatic heterocycles. The predicted molar refractivity (Wildman–Crippen MR) is 84.5 cm³/mol. The molecule has 0 N–H and O–H groups in total. The van der Waals surface area contributed by atoms with Gasteiger partial charge in [-0.15, -0.1) is 0 Å². The Morgan fingerprint density at radius 1 is 1.20 bits per heavy atom. The van der Waals surface area contributed by atoms with Crippen molar-refractivity contribution in [3.8, 4) is 0 Å². The third kappa shape index (κ3) is 3.93. The monoisotopic (exact) mass is 355 g/mol. The van der Waals surface area contributed by atoms with Gasteiger partial charge in [0.25, 0.3) is 0 Å². The summed E-state index contributed by atoms with van der Waals surface area (Å²) < 4.78 is 42.7. The number of likely N-dealkylation sites (tertiary alicyclic amines) is 1. The van der Waals surface area contributed by atoms with Gasteiger partial charge in [0.15, 0.2) is 5.69 Å². The zero-order chi connectivity index (χ0) is 18.5. The molecule has 2 fully saturated rings. The van der Waals surface area contributed by atoms with Crippen molar-refractivity contribution >= 4 is 12.2 Å². The van der Waals surface area contributed by atoms with Crippen LogP contribution >= 0.6 is 0 Å². The third-order valence-electron chi connectivity index (χ3n) is 4.22. The quantitative estimate of drug-likeness (QED) is 0.766. The van der Waals surface area contributed by atoms with Crippen LogP contribution in [0.1, 0.15) is 45.0 Å². The second-order valence-electron chi connectivity index (χ2n) is 7.82. The van der Waals surface area contributed by atoms with Crippen LogP contribution in [0.4, 0.5) is 18.0 Å². The maximum Gasteiger partial charge on any atom is 0.434 e. The number of ether oxygens (including phenoxy) is 1. The first-order chi connectivity index (χ1) is 11.5. The molecule has 2 aliphatic rings. The summed E-state index contributed by atoms with van der Waals surface area (Å²) in [5.41, 5.74) is 0.110. The van der Waals surface area contributed by atoms with Gasteiger partial charge in [0.05, 0.1) is 18.1 Å². The second kappa shape index (κ2) is 5.71. The maximum atomic E-state index is 12.5. The van der Waals surface area contributed by atoms with E-state index in [0.717, 1.165) is 30.8 Å². The van der Waals surface area contributed by atoms with E-state index in [1.54, 1.807) is 11.0 Å². The molecule has 1 amide bonds. The summed E-state index contributed by atoms with van der Waals surface area (Å²) in [7, 11) is 0. The van der Waals surface area contributed by atoms with E-state index in [0.29, 0.717) is 18.8 Å². The summed E-state index contributed by atoms with van der Waals surface area (Å²) in [6.45, 7) is 6.79. The molecule has 136 valence electrons. The van der Waals surface area contributed by atoms with Crippen LogP contribution in [0.2, 0.25) is 0 Å². The fourth-order valence-electron chi connectivity index (χ4n) is 3.22. The first-order valence-corrected chi connectivity index (χ1v) is 8.03. The minimum absolute atomic E-state index is 0.0854. The van der Waals surface area contributed by atoms with Gasteiger partial charge in [0, 0.05) is 18.5 Å². The molecule has 3 rings (SSSR count). The minimum Gasteiger partial charge on any atom is -0.444 e. The van der Waals surface area contributed by atoms with Crippen LogP contribution in [0.25, 0.3) is 6.08 Å². The molecular weight excluding hydrogens is 335 g/mol. The fraction of sp³-hybridized carbons (Fsp3) is 0.588. The summed E-state index contributed by atoms with van der Waals surface area (Å²) in [5.74, 6) is 0. The molecule has 5 nitrogen and oxygen atoms in total. The molecule has 0 bridgehead atoms. The van der Waals surface area contributed by atoms with Crippen LogP contribution < -0.4 is 0 Å². The van der Waals surface area contributed by atoms with E-state index in [4.69, 9.17) is 4.74 Å². The Morgan fingerprint density at radius 2 is 1.84 bits per heavy atom. The van der Waals surface area contributed by atoms with E-state index < -0.39 is 17.5 Å². The van der Waals surface area contributed by atoms with E-state index in [1.807, 2.05) is 20.8 Å². The highest BCUT2D eigenvalue weighted by molar-refractivity contribution is 5.70. The predicted octanol–water partition coefficient (Wildman–Crippen LogP) is 3.91. The number of aromatic nitrogens is 2. The van der Waals surface area contributed by atoms with Crippen molar-refractivity contribution in [3.05, 3.63) is 29.4 Å². The van der Waals surface area contributed by atoms with E-state index in [9.17, 15) is 18.0 Å². The number of alkyl halides is 3. The molecule has 1 saturated carbocycles. The van der Waals surface area contributed by atoms with Crippen molar-refractivity contribution in [3.63, 3.8) is 0 Å². The molecule has 8 heteroatoms. The molecule has 0 atom stereocenters. The molecule has 0 unspecified atom stereocenters. The lowest BCUT2D eigenvalue weighted by atomic mass is 9.60. The van der Waals surface area contributed by atoms with Crippen LogP contribution in [0, 0.1) is 5.41 Å². The van der Waals surface area contributed by atoms with Crippen LogP contribution in [0.3, 0.4) is 0 Å². The highest BCUT2D eigenvalue weighted by Gasteiger charge is 2.52. The molecule has 25 heavy (non-hydrogen) atoms. The highest BCUT2D eigenvalue weighted by Crippen LogP contribution is 2.52. The van der Waals surface area contributed by atoms with E-state index in [1.165, 1.54) is 0 Å². The first-order valence-electron chi connectivity index (χ1n) is 8.03. The maximum absolute atomic E-state index is 12.5. The summed E-state index contributed by atoms with van der Waals surface area (Å²) in [4.78, 5) is 20.8. The van der Waals surface area contributed by atoms with Crippen molar-refractivity contribution in [1.29, 1.82) is 0 Å². The SMILES string of the molecule is CC(C)(C)OC(=O)N1CC2(CC(=Cc3cnc(C(F)(F)F)cn3)C2)C1. The Hall–Kier alpha value is -2.12. The summed E-state index contributed by atoms with van der Waals surface area (Å²) >= 11 is 0. The van der Waals surface area contributed by atoms with E-state index in [2.05, 4.69) is 9.97 Å². The van der Waals surface area contributed by atoms with Gasteiger partial charge in [-0.2, -0.15) is 13.2 Å². The number of hydrogen-bond acceptors (Lipinski definition) is 4. The molecule has 0 radical (unpaired) electrons. The number of carbonyl (C=O) groups excluding carboxylic acids is 1. The standard InChI is InChI=1S/C17H20F3N3O2/c1-15(2,3)25-14(24)23-9-16(10-23)5-11(6-16)4-12-7-22-13(8-21-12)17(18,19)20/h4,7-8H,5-6,9-10H2,1-3H3. The van der Waals surface area contributed by atoms with E-state index >= 15 is 0 Å². The Bertz CT molecular complexity index is 689. The number of amides is 1. The molecular formula is C17H20F3N3O2. The Kier molecular flexibility index (Phi) is 4.04. The topological polar surface area (TPSA) is 55.3 Å². The van der Waals surface area contributed by atoms with E-state index in [-0.39, 0.29) is 11.5 Å². The zero-order valence-electron chi connectivity index (χ0n) is 14.4. The van der Waals surface area contributed by atoms with Gasteiger partial charge >= 0.3 is 12.3 Å². The van der Waals surface area contributed by atoms with Gasteiger partial charge in [-0.05, 0) is 39.7 Å². The normalized spacial score (nSPS) is 19.3. The smallest absolute Gasteiger partial charge is 0.434 e. The lowest BCUT2D eigenvalue weighted by molar-refractivity contribution is -0.141. The average Bonchev–Trinajstić information content (AvgIpc) is 2.37. The minimum atomic E-state index is -4.48. The summed E-state index contributed by atoms with van der Waals surface area (Å²) in [6, 6.07) is 0. The van der Waals surface area contributed by atoms with Gasteiger partial charge < -0.3 is 9.64 Å². The van der Waals surface area contributed by atoms with Gasteiger partial charge in [-0.3, -0.25) is 4.98 Å². The molecule has 1 saturated heterocycles.